The molecule has 0 fully saturated rings. The number of benzene rings is 2. The van der Waals surface area contributed by atoms with Gasteiger partial charge in [-0.25, -0.2) is 0 Å². The summed E-state index contributed by atoms with van der Waals surface area (Å²) in [6, 6.07) is 21.2. The molecule has 0 unspecified atom stereocenters. The maximum absolute atomic E-state index is 12.0. The van der Waals surface area contributed by atoms with Crippen molar-refractivity contribution in [3.63, 3.8) is 0 Å². The Morgan fingerprint density at radius 2 is 1.67 bits per heavy atom. The Bertz CT molecular complexity index is 655. The Kier molecular flexibility index (Phi) is 5.31. The topological polar surface area (TPSA) is 52.9 Å². The number of carbonyl (C=O) groups excluding carboxylic acids is 1. The van der Waals surface area contributed by atoms with E-state index >= 15 is 0 Å². The number of nitrogens with one attached hydrogen (secondary N) is 1. The highest BCUT2D eigenvalue weighted by Crippen LogP contribution is 2.06. The van der Waals surface area contributed by atoms with Gasteiger partial charge in [-0.2, -0.15) is 5.26 Å². The summed E-state index contributed by atoms with van der Waals surface area (Å²) in [5, 5.41) is 11.9. The van der Waals surface area contributed by atoms with Crippen molar-refractivity contribution in [2.45, 2.75) is 6.42 Å². The second-order valence-corrected chi connectivity index (χ2v) is 4.57. The average molecular weight is 276 g/mol. The molecule has 0 atom stereocenters. The lowest BCUT2D eigenvalue weighted by molar-refractivity contribution is -0.117. The third kappa shape index (κ3) is 4.63. The molecule has 1 amide bonds. The Labute approximate surface area is 124 Å². The molecule has 0 aliphatic heterocycles. The van der Waals surface area contributed by atoms with Crippen LogP contribution in [0.15, 0.2) is 66.2 Å². The van der Waals surface area contributed by atoms with Crippen molar-refractivity contribution >= 4 is 12.0 Å². The molecular weight excluding hydrogens is 260 g/mol. The predicted octanol–water partition coefficient (Wildman–Crippen LogP) is 2.95. The van der Waals surface area contributed by atoms with Crippen LogP contribution in [0, 0.1) is 11.3 Å². The van der Waals surface area contributed by atoms with Crippen LogP contribution in [0.25, 0.3) is 6.08 Å². The summed E-state index contributed by atoms with van der Waals surface area (Å²) in [5.74, 6) is -0.336. The zero-order chi connectivity index (χ0) is 14.9. The Morgan fingerprint density at radius 1 is 1.05 bits per heavy atom. The monoisotopic (exact) mass is 276 g/mol. The lowest BCUT2D eigenvalue weighted by Gasteiger charge is -2.04. The van der Waals surface area contributed by atoms with Gasteiger partial charge in [0.25, 0.3) is 5.91 Å². The molecule has 0 spiro atoms. The van der Waals surface area contributed by atoms with E-state index < -0.39 is 0 Å². The minimum Gasteiger partial charge on any atom is -0.351 e. The van der Waals surface area contributed by atoms with E-state index in [4.69, 9.17) is 5.26 Å². The van der Waals surface area contributed by atoms with Crippen LogP contribution in [0.4, 0.5) is 0 Å². The Hall–Kier alpha value is -2.86. The van der Waals surface area contributed by atoms with Crippen LogP contribution >= 0.6 is 0 Å². The lowest BCUT2D eigenvalue weighted by atomic mass is 10.1. The molecule has 2 rings (SSSR count). The highest BCUT2D eigenvalue weighted by atomic mass is 16.1. The summed E-state index contributed by atoms with van der Waals surface area (Å²) in [6.07, 6.45) is 2.34. The lowest BCUT2D eigenvalue weighted by Crippen LogP contribution is -2.26. The highest BCUT2D eigenvalue weighted by molar-refractivity contribution is 6.01. The summed E-state index contributed by atoms with van der Waals surface area (Å²) >= 11 is 0. The van der Waals surface area contributed by atoms with Crippen molar-refractivity contribution < 1.29 is 4.79 Å². The third-order valence-electron chi connectivity index (χ3n) is 3.02. The van der Waals surface area contributed by atoms with Crippen molar-refractivity contribution in [3.05, 3.63) is 77.4 Å². The van der Waals surface area contributed by atoms with E-state index in [-0.39, 0.29) is 11.5 Å². The van der Waals surface area contributed by atoms with Crippen LogP contribution < -0.4 is 5.32 Å². The van der Waals surface area contributed by atoms with Gasteiger partial charge in [-0.15, -0.1) is 0 Å². The molecule has 0 radical (unpaired) electrons. The van der Waals surface area contributed by atoms with Gasteiger partial charge < -0.3 is 5.32 Å². The second kappa shape index (κ2) is 7.66. The second-order valence-electron chi connectivity index (χ2n) is 4.57. The number of hydrogen-bond donors (Lipinski definition) is 1. The smallest absolute Gasteiger partial charge is 0.261 e. The van der Waals surface area contributed by atoms with E-state index in [1.165, 1.54) is 0 Å². The van der Waals surface area contributed by atoms with Crippen LogP contribution in [0.1, 0.15) is 11.1 Å². The SMILES string of the molecule is N#C/C(=C\c1ccccc1)C(=O)NCCc1ccccc1. The summed E-state index contributed by atoms with van der Waals surface area (Å²) < 4.78 is 0. The van der Waals surface area contributed by atoms with Gasteiger partial charge in [0.15, 0.2) is 0 Å². The molecule has 0 aliphatic rings. The first-order valence-corrected chi connectivity index (χ1v) is 6.78. The van der Waals surface area contributed by atoms with E-state index in [0.29, 0.717) is 6.54 Å². The minimum absolute atomic E-state index is 0.120. The molecule has 3 nitrogen and oxygen atoms in total. The van der Waals surface area contributed by atoms with Gasteiger partial charge in [0.2, 0.25) is 0 Å². The normalized spacial score (nSPS) is 10.7. The molecule has 2 aromatic rings. The van der Waals surface area contributed by atoms with Crippen LogP contribution in [-0.2, 0) is 11.2 Å². The van der Waals surface area contributed by atoms with Crippen LogP contribution in [-0.4, -0.2) is 12.5 Å². The average Bonchev–Trinajstić information content (AvgIpc) is 2.54. The molecule has 21 heavy (non-hydrogen) atoms. The van der Waals surface area contributed by atoms with E-state index in [9.17, 15) is 4.79 Å². The Balaban J connectivity index is 1.92. The first-order valence-electron chi connectivity index (χ1n) is 6.78. The molecule has 0 saturated carbocycles. The highest BCUT2D eigenvalue weighted by Gasteiger charge is 2.08. The van der Waals surface area contributed by atoms with E-state index in [1.807, 2.05) is 66.7 Å². The molecule has 0 aromatic heterocycles. The fraction of sp³-hybridized carbons (Fsp3) is 0.111. The molecule has 0 bridgehead atoms. The van der Waals surface area contributed by atoms with E-state index in [1.54, 1.807) is 6.08 Å². The van der Waals surface area contributed by atoms with Crippen LogP contribution in [0.5, 0.6) is 0 Å². The molecule has 104 valence electrons. The first-order chi connectivity index (χ1) is 10.3. The van der Waals surface area contributed by atoms with Crippen LogP contribution in [0.2, 0.25) is 0 Å². The fourth-order valence-corrected chi connectivity index (χ4v) is 1.92. The van der Waals surface area contributed by atoms with Crippen molar-refractivity contribution in [1.82, 2.24) is 5.32 Å². The molecule has 2 aromatic carbocycles. The van der Waals surface area contributed by atoms with Gasteiger partial charge in [0.05, 0.1) is 0 Å². The molecule has 0 heterocycles. The van der Waals surface area contributed by atoms with Gasteiger partial charge in [-0.05, 0) is 23.6 Å². The standard InChI is InChI=1S/C18H16N2O/c19-14-17(13-16-9-5-2-6-10-16)18(21)20-12-11-15-7-3-1-4-8-15/h1-10,13H,11-12H2,(H,20,21)/b17-13+. The summed E-state index contributed by atoms with van der Waals surface area (Å²) in [7, 11) is 0. The largest absolute Gasteiger partial charge is 0.351 e. The van der Waals surface area contributed by atoms with E-state index in [0.717, 1.165) is 17.5 Å². The molecule has 0 saturated heterocycles. The fourth-order valence-electron chi connectivity index (χ4n) is 1.92. The summed E-state index contributed by atoms with van der Waals surface area (Å²) in [4.78, 5) is 12.0. The Morgan fingerprint density at radius 3 is 2.29 bits per heavy atom. The third-order valence-corrected chi connectivity index (χ3v) is 3.02. The molecular formula is C18H16N2O. The van der Waals surface area contributed by atoms with Crippen molar-refractivity contribution in [3.8, 4) is 6.07 Å². The predicted molar refractivity (Wildman–Crippen MR) is 83.2 cm³/mol. The maximum atomic E-state index is 12.0. The number of amides is 1. The molecule has 3 heteroatoms. The van der Waals surface area contributed by atoms with E-state index in [2.05, 4.69) is 5.32 Å². The zero-order valence-corrected chi connectivity index (χ0v) is 11.6. The van der Waals surface area contributed by atoms with Gasteiger partial charge in [-0.1, -0.05) is 60.7 Å². The van der Waals surface area contributed by atoms with Gasteiger partial charge in [-0.3, -0.25) is 4.79 Å². The van der Waals surface area contributed by atoms with Gasteiger partial charge >= 0.3 is 0 Å². The summed E-state index contributed by atoms with van der Waals surface area (Å²) in [6.45, 7) is 0.511. The quantitative estimate of drug-likeness (QED) is 0.674. The van der Waals surface area contributed by atoms with Crippen molar-refractivity contribution in [1.29, 1.82) is 5.26 Å². The number of nitriles is 1. The minimum atomic E-state index is -0.336. The van der Waals surface area contributed by atoms with Crippen molar-refractivity contribution in [2.24, 2.45) is 0 Å². The summed E-state index contributed by atoms with van der Waals surface area (Å²) in [5.41, 5.74) is 2.12. The first kappa shape index (κ1) is 14.5. The van der Waals surface area contributed by atoms with Gasteiger partial charge in [0.1, 0.15) is 11.6 Å². The maximum Gasteiger partial charge on any atom is 0.261 e. The number of nitrogens with zero attached hydrogens (tertiary/aromatic N) is 1. The zero-order valence-electron chi connectivity index (χ0n) is 11.6. The van der Waals surface area contributed by atoms with Crippen LogP contribution in [0.3, 0.4) is 0 Å². The molecule has 0 aliphatic carbocycles. The number of carbonyl (C=O) groups is 1. The van der Waals surface area contributed by atoms with Gasteiger partial charge in [0, 0.05) is 6.54 Å². The molecule has 1 N–H and O–H groups in total. The number of hydrogen-bond acceptors (Lipinski definition) is 2. The van der Waals surface area contributed by atoms with Crippen molar-refractivity contribution in [2.75, 3.05) is 6.54 Å². The number of rotatable bonds is 5.